The van der Waals surface area contributed by atoms with Gasteiger partial charge in [0.2, 0.25) is 0 Å². The Bertz CT molecular complexity index is 433. The molecule has 1 atom stereocenters. The summed E-state index contributed by atoms with van der Waals surface area (Å²) in [5, 5.41) is 12.6. The molecule has 18 heavy (non-hydrogen) atoms. The normalized spacial score (nSPS) is 21.4. The van der Waals surface area contributed by atoms with Crippen LogP contribution in [0, 0.1) is 5.92 Å². The van der Waals surface area contributed by atoms with Gasteiger partial charge >= 0.3 is 0 Å². The number of aliphatic hydroxyl groups excluding tert-OH is 1. The van der Waals surface area contributed by atoms with E-state index in [4.69, 9.17) is 0 Å². The van der Waals surface area contributed by atoms with E-state index in [1.54, 1.807) is 0 Å². The number of rotatable bonds is 5. The molecular weight excluding hydrogens is 228 g/mol. The van der Waals surface area contributed by atoms with Gasteiger partial charge in [0.25, 0.3) is 5.91 Å². The van der Waals surface area contributed by atoms with E-state index in [9.17, 15) is 9.90 Å². The molecule has 0 aromatic carbocycles. The SMILES string of the molecule is O=C(NCC(O)C1CC1)c1cccn1C1CCC1. The van der Waals surface area contributed by atoms with Crippen LogP contribution < -0.4 is 5.32 Å². The monoisotopic (exact) mass is 248 g/mol. The molecule has 0 saturated heterocycles. The van der Waals surface area contributed by atoms with Crippen molar-refractivity contribution in [2.24, 2.45) is 5.92 Å². The van der Waals surface area contributed by atoms with Crippen molar-refractivity contribution in [2.75, 3.05) is 6.54 Å². The summed E-state index contributed by atoms with van der Waals surface area (Å²) < 4.78 is 2.07. The molecule has 2 N–H and O–H groups in total. The Morgan fingerprint density at radius 3 is 2.83 bits per heavy atom. The van der Waals surface area contributed by atoms with Crippen LogP contribution in [0.5, 0.6) is 0 Å². The van der Waals surface area contributed by atoms with Crippen molar-refractivity contribution in [3.8, 4) is 0 Å². The number of nitrogens with one attached hydrogen (secondary N) is 1. The summed E-state index contributed by atoms with van der Waals surface area (Å²) in [6.45, 7) is 0.374. The molecule has 1 unspecified atom stereocenters. The van der Waals surface area contributed by atoms with E-state index in [1.165, 1.54) is 19.3 Å². The highest BCUT2D eigenvalue weighted by atomic mass is 16.3. The predicted octanol–water partition coefficient (Wildman–Crippen LogP) is 1.71. The number of aliphatic hydroxyl groups is 1. The van der Waals surface area contributed by atoms with E-state index in [0.717, 1.165) is 18.5 Å². The highest BCUT2D eigenvalue weighted by Gasteiger charge is 2.30. The molecular formula is C14H20N2O2. The lowest BCUT2D eigenvalue weighted by molar-refractivity contribution is 0.0886. The van der Waals surface area contributed by atoms with Gasteiger partial charge in [0.15, 0.2) is 0 Å². The summed E-state index contributed by atoms with van der Waals surface area (Å²) in [5.74, 6) is 0.343. The number of nitrogens with zero attached hydrogens (tertiary/aromatic N) is 1. The molecule has 0 spiro atoms. The summed E-state index contributed by atoms with van der Waals surface area (Å²) in [7, 11) is 0. The molecule has 0 aliphatic heterocycles. The molecule has 0 radical (unpaired) electrons. The number of aromatic nitrogens is 1. The Labute approximate surface area is 107 Å². The Hall–Kier alpha value is -1.29. The Kier molecular flexibility index (Phi) is 3.12. The van der Waals surface area contributed by atoms with E-state index < -0.39 is 0 Å². The molecule has 1 aromatic rings. The summed E-state index contributed by atoms with van der Waals surface area (Å²) in [5.41, 5.74) is 0.725. The Morgan fingerprint density at radius 1 is 1.44 bits per heavy atom. The first kappa shape index (κ1) is 11.8. The minimum absolute atomic E-state index is 0.0633. The molecule has 0 bridgehead atoms. The van der Waals surface area contributed by atoms with E-state index in [0.29, 0.717) is 18.5 Å². The topological polar surface area (TPSA) is 54.3 Å². The van der Waals surface area contributed by atoms with Gasteiger partial charge in [-0.25, -0.2) is 0 Å². The molecule has 2 aliphatic carbocycles. The maximum atomic E-state index is 12.1. The van der Waals surface area contributed by atoms with E-state index in [1.807, 2.05) is 18.3 Å². The van der Waals surface area contributed by atoms with Gasteiger partial charge in [-0.15, -0.1) is 0 Å². The van der Waals surface area contributed by atoms with Crippen LogP contribution in [0.25, 0.3) is 0 Å². The zero-order valence-corrected chi connectivity index (χ0v) is 10.5. The molecule has 4 heteroatoms. The highest BCUT2D eigenvalue weighted by molar-refractivity contribution is 5.92. The molecule has 2 saturated carbocycles. The number of amides is 1. The Morgan fingerprint density at radius 2 is 2.22 bits per heavy atom. The van der Waals surface area contributed by atoms with E-state index in [2.05, 4.69) is 9.88 Å². The molecule has 2 aliphatic rings. The van der Waals surface area contributed by atoms with Crippen molar-refractivity contribution in [3.63, 3.8) is 0 Å². The fraction of sp³-hybridized carbons (Fsp3) is 0.643. The minimum atomic E-state index is -0.374. The van der Waals surface area contributed by atoms with Crippen LogP contribution in [-0.4, -0.2) is 28.2 Å². The van der Waals surface area contributed by atoms with Gasteiger partial charge in [-0.2, -0.15) is 0 Å². The second kappa shape index (κ2) is 4.76. The van der Waals surface area contributed by atoms with Crippen LogP contribution in [0.4, 0.5) is 0 Å². The standard InChI is InChI=1S/C14H20N2O2/c17-13(10-6-7-10)9-15-14(18)12-5-2-8-16(12)11-3-1-4-11/h2,5,8,10-11,13,17H,1,3-4,6-7,9H2,(H,15,18). The lowest BCUT2D eigenvalue weighted by Gasteiger charge is -2.28. The third-order valence-corrected chi connectivity index (χ3v) is 4.12. The summed E-state index contributed by atoms with van der Waals surface area (Å²) in [6, 6.07) is 4.27. The fourth-order valence-corrected chi connectivity index (χ4v) is 2.50. The minimum Gasteiger partial charge on any atom is -0.391 e. The van der Waals surface area contributed by atoms with Crippen LogP contribution in [0.3, 0.4) is 0 Å². The van der Waals surface area contributed by atoms with E-state index >= 15 is 0 Å². The number of carbonyl (C=O) groups excluding carboxylic acids is 1. The number of hydrogen-bond donors (Lipinski definition) is 2. The van der Waals surface area contributed by atoms with Gasteiger partial charge in [-0.3, -0.25) is 4.79 Å². The van der Waals surface area contributed by atoms with Gasteiger partial charge in [0.05, 0.1) is 6.10 Å². The molecule has 1 heterocycles. The van der Waals surface area contributed by atoms with Crippen LogP contribution in [-0.2, 0) is 0 Å². The van der Waals surface area contributed by atoms with Crippen LogP contribution in [0.2, 0.25) is 0 Å². The third-order valence-electron chi connectivity index (χ3n) is 4.12. The highest BCUT2D eigenvalue weighted by Crippen LogP contribution is 2.33. The number of carbonyl (C=O) groups is 1. The molecule has 1 amide bonds. The van der Waals surface area contributed by atoms with Crippen molar-refractivity contribution in [3.05, 3.63) is 24.0 Å². The van der Waals surface area contributed by atoms with Gasteiger partial charge in [-0.1, -0.05) is 0 Å². The quantitative estimate of drug-likeness (QED) is 0.833. The summed E-state index contributed by atoms with van der Waals surface area (Å²) in [6.07, 6.45) is 7.38. The van der Waals surface area contributed by atoms with Crippen molar-refractivity contribution >= 4 is 5.91 Å². The van der Waals surface area contributed by atoms with Crippen LogP contribution in [0.15, 0.2) is 18.3 Å². The van der Waals surface area contributed by atoms with Crippen LogP contribution >= 0.6 is 0 Å². The molecule has 4 nitrogen and oxygen atoms in total. The largest absolute Gasteiger partial charge is 0.391 e. The van der Waals surface area contributed by atoms with Crippen molar-refractivity contribution in [2.45, 2.75) is 44.2 Å². The van der Waals surface area contributed by atoms with Crippen molar-refractivity contribution in [1.29, 1.82) is 0 Å². The average molecular weight is 248 g/mol. The third kappa shape index (κ3) is 2.29. The van der Waals surface area contributed by atoms with E-state index in [-0.39, 0.29) is 12.0 Å². The second-order valence-electron chi connectivity index (χ2n) is 5.50. The zero-order valence-electron chi connectivity index (χ0n) is 10.5. The maximum Gasteiger partial charge on any atom is 0.268 e. The summed E-state index contributed by atoms with van der Waals surface area (Å²) >= 11 is 0. The molecule has 1 aromatic heterocycles. The maximum absolute atomic E-state index is 12.1. The zero-order chi connectivity index (χ0) is 12.5. The molecule has 98 valence electrons. The lowest BCUT2D eigenvalue weighted by atomic mass is 9.93. The molecule has 3 rings (SSSR count). The second-order valence-corrected chi connectivity index (χ2v) is 5.50. The van der Waals surface area contributed by atoms with Gasteiger partial charge in [0, 0.05) is 18.8 Å². The Balaban J connectivity index is 1.59. The van der Waals surface area contributed by atoms with Crippen molar-refractivity contribution < 1.29 is 9.90 Å². The van der Waals surface area contributed by atoms with Gasteiger partial charge in [0.1, 0.15) is 5.69 Å². The van der Waals surface area contributed by atoms with Gasteiger partial charge in [-0.05, 0) is 50.2 Å². The smallest absolute Gasteiger partial charge is 0.268 e. The van der Waals surface area contributed by atoms with Crippen LogP contribution in [0.1, 0.15) is 48.6 Å². The predicted molar refractivity (Wildman–Crippen MR) is 68.4 cm³/mol. The molecule has 2 fully saturated rings. The average Bonchev–Trinajstić information content (AvgIpc) is 3.04. The fourth-order valence-electron chi connectivity index (χ4n) is 2.50. The first-order chi connectivity index (χ1) is 8.75. The first-order valence-corrected chi connectivity index (χ1v) is 6.89. The number of hydrogen-bond acceptors (Lipinski definition) is 2. The van der Waals surface area contributed by atoms with Crippen molar-refractivity contribution in [1.82, 2.24) is 9.88 Å². The lowest BCUT2D eigenvalue weighted by Crippen LogP contribution is -2.35. The summed E-state index contributed by atoms with van der Waals surface area (Å²) in [4.78, 5) is 12.1. The van der Waals surface area contributed by atoms with Gasteiger partial charge < -0.3 is 15.0 Å². The first-order valence-electron chi connectivity index (χ1n) is 6.89.